The molecule has 1 aliphatic rings. The van der Waals surface area contributed by atoms with Crippen LogP contribution in [0.4, 0.5) is 11.5 Å². The number of anilines is 2. The minimum Gasteiger partial charge on any atom is -0.382 e. The summed E-state index contributed by atoms with van der Waals surface area (Å²) in [5.41, 5.74) is 6.65. The van der Waals surface area contributed by atoms with Crippen molar-refractivity contribution in [2.45, 2.75) is 12.5 Å². The Morgan fingerprint density at radius 1 is 1.62 bits per heavy atom. The molecule has 1 unspecified atom stereocenters. The van der Waals surface area contributed by atoms with Crippen molar-refractivity contribution < 1.29 is 0 Å². The van der Waals surface area contributed by atoms with Gasteiger partial charge in [-0.15, -0.1) is 0 Å². The molecule has 2 heterocycles. The van der Waals surface area contributed by atoms with E-state index in [1.165, 1.54) is 0 Å². The van der Waals surface area contributed by atoms with Gasteiger partial charge in [0.05, 0.1) is 5.69 Å². The summed E-state index contributed by atoms with van der Waals surface area (Å²) in [6, 6.07) is 4.34. The van der Waals surface area contributed by atoms with E-state index < -0.39 is 0 Å². The molecule has 4 N–H and O–H groups in total. The topological polar surface area (TPSA) is 63.0 Å². The molecule has 0 spiro atoms. The lowest BCUT2D eigenvalue weighted by molar-refractivity contribution is 0.793. The average Bonchev–Trinajstić information content (AvgIpc) is 2.61. The number of rotatable bonds is 2. The number of pyridine rings is 1. The first-order chi connectivity index (χ1) is 6.36. The number of hydrogen-bond donors (Lipinski definition) is 3. The molecule has 4 nitrogen and oxygen atoms in total. The van der Waals surface area contributed by atoms with Crippen LogP contribution in [0, 0.1) is 0 Å². The number of nitrogens with one attached hydrogen (secondary N) is 2. The van der Waals surface area contributed by atoms with Crippen LogP contribution in [0.2, 0.25) is 0 Å². The van der Waals surface area contributed by atoms with E-state index in [2.05, 4.69) is 15.6 Å². The van der Waals surface area contributed by atoms with Crippen molar-refractivity contribution in [1.29, 1.82) is 0 Å². The lowest BCUT2D eigenvalue weighted by Crippen LogP contribution is -2.22. The zero-order valence-corrected chi connectivity index (χ0v) is 7.46. The fourth-order valence-electron chi connectivity index (χ4n) is 1.54. The van der Waals surface area contributed by atoms with Gasteiger partial charge in [-0.1, -0.05) is 0 Å². The molecular weight excluding hydrogens is 164 g/mol. The van der Waals surface area contributed by atoms with Crippen molar-refractivity contribution in [2.24, 2.45) is 0 Å². The quantitative estimate of drug-likeness (QED) is 0.615. The van der Waals surface area contributed by atoms with Gasteiger partial charge in [0, 0.05) is 18.8 Å². The molecule has 1 atom stereocenters. The van der Waals surface area contributed by atoms with Crippen LogP contribution >= 0.6 is 0 Å². The van der Waals surface area contributed by atoms with E-state index in [9.17, 15) is 0 Å². The second-order valence-electron chi connectivity index (χ2n) is 3.27. The molecule has 1 aliphatic heterocycles. The molecule has 0 radical (unpaired) electrons. The maximum Gasteiger partial charge on any atom is 0.146 e. The van der Waals surface area contributed by atoms with E-state index in [1.807, 2.05) is 12.1 Å². The maximum absolute atomic E-state index is 5.70. The third-order valence-corrected chi connectivity index (χ3v) is 2.26. The van der Waals surface area contributed by atoms with Crippen molar-refractivity contribution in [3.8, 4) is 0 Å². The molecule has 4 heteroatoms. The fourth-order valence-corrected chi connectivity index (χ4v) is 1.54. The van der Waals surface area contributed by atoms with Gasteiger partial charge in [0.25, 0.3) is 0 Å². The molecule has 70 valence electrons. The minimum atomic E-state index is 0.492. The van der Waals surface area contributed by atoms with E-state index >= 15 is 0 Å². The van der Waals surface area contributed by atoms with E-state index in [4.69, 9.17) is 5.73 Å². The molecule has 0 aromatic carbocycles. The van der Waals surface area contributed by atoms with Crippen LogP contribution < -0.4 is 16.4 Å². The first-order valence-electron chi connectivity index (χ1n) is 4.54. The third-order valence-electron chi connectivity index (χ3n) is 2.26. The summed E-state index contributed by atoms with van der Waals surface area (Å²) in [5, 5.41) is 6.65. The molecular formula is C9H14N4. The van der Waals surface area contributed by atoms with Crippen molar-refractivity contribution in [2.75, 3.05) is 24.1 Å². The monoisotopic (exact) mass is 178 g/mol. The molecule has 13 heavy (non-hydrogen) atoms. The Hall–Kier alpha value is -1.29. The molecule has 1 aromatic rings. The number of nitrogens with zero attached hydrogens (tertiary/aromatic N) is 1. The standard InChI is InChI=1S/C9H14N4/c10-9-8(2-1-4-12-9)13-7-3-5-11-6-7/h1-2,4,7,11,13H,3,5-6H2,(H2,10,12). The van der Waals surface area contributed by atoms with Gasteiger partial charge < -0.3 is 16.4 Å². The van der Waals surface area contributed by atoms with Crippen molar-refractivity contribution >= 4 is 11.5 Å². The highest BCUT2D eigenvalue weighted by Crippen LogP contribution is 2.16. The summed E-state index contributed by atoms with van der Waals surface area (Å²) in [4.78, 5) is 4.02. The van der Waals surface area contributed by atoms with Gasteiger partial charge in [-0.25, -0.2) is 4.98 Å². The van der Waals surface area contributed by atoms with Gasteiger partial charge in [-0.05, 0) is 25.1 Å². The first kappa shape index (κ1) is 8.31. The second-order valence-corrected chi connectivity index (χ2v) is 3.27. The Morgan fingerprint density at radius 2 is 2.54 bits per heavy atom. The van der Waals surface area contributed by atoms with Crippen LogP contribution in [0.1, 0.15) is 6.42 Å². The zero-order valence-electron chi connectivity index (χ0n) is 7.46. The summed E-state index contributed by atoms with van der Waals surface area (Å²) in [6.45, 7) is 2.09. The van der Waals surface area contributed by atoms with Crippen molar-refractivity contribution in [1.82, 2.24) is 10.3 Å². The van der Waals surface area contributed by atoms with Crippen molar-refractivity contribution in [3.05, 3.63) is 18.3 Å². The molecule has 0 bridgehead atoms. The Kier molecular flexibility index (Phi) is 2.31. The van der Waals surface area contributed by atoms with Crippen LogP contribution in [0.15, 0.2) is 18.3 Å². The number of nitrogen functional groups attached to an aromatic ring is 1. The zero-order chi connectivity index (χ0) is 9.10. The predicted octanol–water partition coefficient (Wildman–Crippen LogP) is 0.438. The molecule has 2 rings (SSSR count). The Labute approximate surface area is 77.5 Å². The Bertz CT molecular complexity index is 281. The van der Waals surface area contributed by atoms with Crippen LogP contribution in [0.3, 0.4) is 0 Å². The highest BCUT2D eigenvalue weighted by Gasteiger charge is 2.14. The maximum atomic E-state index is 5.70. The molecule has 0 saturated carbocycles. The summed E-state index contributed by atoms with van der Waals surface area (Å²) < 4.78 is 0. The minimum absolute atomic E-state index is 0.492. The van der Waals surface area contributed by atoms with E-state index in [0.29, 0.717) is 11.9 Å². The van der Waals surface area contributed by atoms with Gasteiger partial charge in [-0.3, -0.25) is 0 Å². The van der Waals surface area contributed by atoms with E-state index in [1.54, 1.807) is 6.20 Å². The summed E-state index contributed by atoms with van der Waals surface area (Å²) in [7, 11) is 0. The predicted molar refractivity (Wildman–Crippen MR) is 53.5 cm³/mol. The molecule has 1 saturated heterocycles. The number of nitrogens with two attached hydrogens (primary N) is 1. The summed E-state index contributed by atoms with van der Waals surface area (Å²) >= 11 is 0. The van der Waals surface area contributed by atoms with E-state index in [-0.39, 0.29) is 0 Å². The van der Waals surface area contributed by atoms with Gasteiger partial charge in [0.15, 0.2) is 0 Å². The van der Waals surface area contributed by atoms with Gasteiger partial charge in [-0.2, -0.15) is 0 Å². The normalized spacial score (nSPS) is 21.7. The summed E-state index contributed by atoms with van der Waals surface area (Å²) in [6.07, 6.45) is 2.85. The molecule has 0 amide bonds. The van der Waals surface area contributed by atoms with Crippen LogP contribution in [0.5, 0.6) is 0 Å². The SMILES string of the molecule is Nc1ncccc1NC1CCNC1. The van der Waals surface area contributed by atoms with Gasteiger partial charge in [0.2, 0.25) is 0 Å². The Morgan fingerprint density at radius 3 is 3.23 bits per heavy atom. The van der Waals surface area contributed by atoms with Gasteiger partial charge in [0.1, 0.15) is 5.82 Å². The fraction of sp³-hybridized carbons (Fsp3) is 0.444. The Balaban J connectivity index is 2.04. The van der Waals surface area contributed by atoms with Gasteiger partial charge >= 0.3 is 0 Å². The average molecular weight is 178 g/mol. The molecule has 0 aliphatic carbocycles. The highest BCUT2D eigenvalue weighted by molar-refractivity contribution is 5.61. The van der Waals surface area contributed by atoms with E-state index in [0.717, 1.165) is 25.2 Å². The first-order valence-corrected chi connectivity index (χ1v) is 4.54. The lowest BCUT2D eigenvalue weighted by atomic mass is 10.2. The van der Waals surface area contributed by atoms with Crippen LogP contribution in [-0.4, -0.2) is 24.1 Å². The molecule has 1 fully saturated rings. The molecule has 1 aromatic heterocycles. The van der Waals surface area contributed by atoms with Crippen LogP contribution in [0.25, 0.3) is 0 Å². The van der Waals surface area contributed by atoms with Crippen molar-refractivity contribution in [3.63, 3.8) is 0 Å². The second kappa shape index (κ2) is 3.62. The van der Waals surface area contributed by atoms with Crippen LogP contribution in [-0.2, 0) is 0 Å². The third kappa shape index (κ3) is 1.89. The number of aromatic nitrogens is 1. The smallest absolute Gasteiger partial charge is 0.146 e. The highest BCUT2D eigenvalue weighted by atomic mass is 15.0. The lowest BCUT2D eigenvalue weighted by Gasteiger charge is -2.13. The summed E-state index contributed by atoms with van der Waals surface area (Å²) in [5.74, 6) is 0.578. The number of hydrogen-bond acceptors (Lipinski definition) is 4. The largest absolute Gasteiger partial charge is 0.382 e.